The van der Waals surface area contributed by atoms with Gasteiger partial charge >= 0.3 is 0 Å². The quantitative estimate of drug-likeness (QED) is 0.0471. The first kappa shape index (κ1) is 39.8. The largest absolute Gasteiger partial charge is 1.00 e. The highest BCUT2D eigenvalue weighted by atomic mass is 79.9. The Hall–Kier alpha value is -2.25. The second-order valence-corrected chi connectivity index (χ2v) is 14.3. The first-order valence-corrected chi connectivity index (χ1v) is 16.3. The highest BCUT2D eigenvalue weighted by Crippen LogP contribution is 2.36. The lowest BCUT2D eigenvalue weighted by Gasteiger charge is -2.33. The van der Waals surface area contributed by atoms with Crippen LogP contribution < -0.4 is 26.5 Å². The Morgan fingerprint density at radius 2 is 1.25 bits per heavy atom. The number of quaternary nitrogens is 1. The molecule has 0 saturated heterocycles. The third-order valence-electron chi connectivity index (χ3n) is 7.71. The van der Waals surface area contributed by atoms with Crippen LogP contribution in [0.4, 0.5) is 0 Å². The molecule has 248 valence electrons. The molecule has 0 fully saturated rings. The van der Waals surface area contributed by atoms with Crippen molar-refractivity contribution in [1.29, 1.82) is 0 Å². The number of rotatable bonds is 22. The van der Waals surface area contributed by atoms with E-state index in [9.17, 15) is 0 Å². The van der Waals surface area contributed by atoms with Crippen LogP contribution in [0.25, 0.3) is 10.4 Å². The van der Waals surface area contributed by atoms with E-state index in [1.807, 2.05) is 0 Å². The van der Waals surface area contributed by atoms with Gasteiger partial charge in [-0.25, -0.2) is 0 Å². The summed E-state index contributed by atoms with van der Waals surface area (Å²) in [4.78, 5) is 2.79. The average Bonchev–Trinajstić information content (AvgIpc) is 2.93. The van der Waals surface area contributed by atoms with Gasteiger partial charge in [0.2, 0.25) is 0 Å². The van der Waals surface area contributed by atoms with Gasteiger partial charge < -0.3 is 35.7 Å². The second-order valence-electron chi connectivity index (χ2n) is 14.3. The maximum absolute atomic E-state index is 8.28. The normalized spacial score (nSPS) is 11.9. The summed E-state index contributed by atoms with van der Waals surface area (Å²) in [5.74, 6) is 1.84. The first-order chi connectivity index (χ1) is 20.4. The molecule has 0 radical (unpaired) electrons. The number of unbranched alkanes of at least 4 members (excludes halogenated alkanes) is 6. The van der Waals surface area contributed by atoms with E-state index in [2.05, 4.69) is 107 Å². The van der Waals surface area contributed by atoms with Crippen molar-refractivity contribution in [2.45, 2.75) is 97.9 Å². The SMILES string of the molecule is CC(C)(C)CC(C)(C)c1ccc(OCCOCC[N+](C)(C)Cc2ccc(OCCCCCCCCCN=[N+]=[N-])cc2)cc1.[Br-]. The Balaban J connectivity index is 0.00000968. The van der Waals surface area contributed by atoms with Gasteiger partial charge in [-0.05, 0) is 77.6 Å². The third kappa shape index (κ3) is 17.9. The lowest BCUT2D eigenvalue weighted by molar-refractivity contribution is -0.904. The maximum Gasteiger partial charge on any atom is 0.119 e. The van der Waals surface area contributed by atoms with E-state index in [1.165, 1.54) is 36.8 Å². The summed E-state index contributed by atoms with van der Waals surface area (Å²) in [5.41, 5.74) is 11.4. The summed E-state index contributed by atoms with van der Waals surface area (Å²) < 4.78 is 18.7. The molecule has 0 atom stereocenters. The van der Waals surface area contributed by atoms with E-state index in [-0.39, 0.29) is 22.4 Å². The minimum Gasteiger partial charge on any atom is -1.00 e. The zero-order valence-corrected chi connectivity index (χ0v) is 30.2. The first-order valence-electron chi connectivity index (χ1n) is 16.3. The van der Waals surface area contributed by atoms with Gasteiger partial charge in [-0.1, -0.05) is 84.0 Å². The van der Waals surface area contributed by atoms with Crippen LogP contribution in [0.3, 0.4) is 0 Å². The van der Waals surface area contributed by atoms with Crippen LogP contribution in [-0.4, -0.2) is 58.1 Å². The van der Waals surface area contributed by atoms with E-state index >= 15 is 0 Å². The predicted molar refractivity (Wildman–Crippen MR) is 179 cm³/mol. The molecule has 0 spiro atoms. The number of hydrogen-bond donors (Lipinski definition) is 0. The van der Waals surface area contributed by atoms with Crippen molar-refractivity contribution >= 4 is 0 Å². The minimum atomic E-state index is 0. The van der Waals surface area contributed by atoms with E-state index in [0.717, 1.165) is 61.4 Å². The number of benzene rings is 2. The van der Waals surface area contributed by atoms with Gasteiger partial charge in [0, 0.05) is 17.0 Å². The van der Waals surface area contributed by atoms with Crippen molar-refractivity contribution in [2.75, 3.05) is 53.6 Å². The molecule has 0 heterocycles. The molecule has 0 saturated carbocycles. The lowest BCUT2D eigenvalue weighted by atomic mass is 9.72. The summed E-state index contributed by atoms with van der Waals surface area (Å²) in [6, 6.07) is 17.1. The predicted octanol–water partition coefficient (Wildman–Crippen LogP) is 6.50. The van der Waals surface area contributed by atoms with Crippen LogP contribution in [0.5, 0.6) is 11.5 Å². The summed E-state index contributed by atoms with van der Waals surface area (Å²) >= 11 is 0. The molecule has 0 unspecified atom stereocenters. The zero-order valence-electron chi connectivity index (χ0n) is 28.6. The molecule has 0 amide bonds. The molecule has 0 aliphatic heterocycles. The molecule has 7 nitrogen and oxygen atoms in total. The zero-order chi connectivity index (χ0) is 31.6. The third-order valence-corrected chi connectivity index (χ3v) is 7.71. The molecule has 2 aromatic carbocycles. The van der Waals surface area contributed by atoms with Crippen molar-refractivity contribution in [1.82, 2.24) is 0 Å². The van der Waals surface area contributed by atoms with Gasteiger partial charge in [0.15, 0.2) is 0 Å². The Morgan fingerprint density at radius 1 is 0.705 bits per heavy atom. The number of ether oxygens (including phenoxy) is 3. The van der Waals surface area contributed by atoms with Crippen LogP contribution in [0.1, 0.15) is 97.1 Å². The topological polar surface area (TPSA) is 76.5 Å². The fourth-order valence-corrected chi connectivity index (χ4v) is 5.73. The standard InChI is InChI=1S/C36H59N4O3.BrH/c1-35(2,3)30-36(4,5)32-17-21-34(22-18-32)43-28-27-41-26-24-40(6,7)29-31-15-19-33(20-16-31)42-25-14-12-10-8-9-11-13-23-38-39-37;/h15-22H,8-14,23-30H2,1-7H3;1H/q+1;/p-1. The molecule has 2 rings (SSSR count). The number of azide groups is 1. The summed E-state index contributed by atoms with van der Waals surface area (Å²) in [7, 11) is 4.49. The molecular weight excluding hydrogens is 616 g/mol. The number of halogens is 1. The van der Waals surface area contributed by atoms with Gasteiger partial charge in [-0.3, -0.25) is 0 Å². The fourth-order valence-electron chi connectivity index (χ4n) is 5.73. The highest BCUT2D eigenvalue weighted by molar-refractivity contribution is 5.32. The Morgan fingerprint density at radius 3 is 1.84 bits per heavy atom. The molecule has 0 bridgehead atoms. The molecular formula is C36H59BrN4O3. The van der Waals surface area contributed by atoms with Gasteiger partial charge in [0.05, 0.1) is 33.9 Å². The van der Waals surface area contributed by atoms with Crippen molar-refractivity contribution in [3.63, 3.8) is 0 Å². The Bertz CT molecular complexity index is 1080. The number of nitrogens with zero attached hydrogens (tertiary/aromatic N) is 4. The van der Waals surface area contributed by atoms with Gasteiger partial charge in [-0.2, -0.15) is 0 Å². The van der Waals surface area contributed by atoms with Gasteiger partial charge in [0.1, 0.15) is 31.2 Å². The van der Waals surface area contributed by atoms with Crippen molar-refractivity contribution < 1.29 is 35.7 Å². The molecule has 8 heteroatoms. The van der Waals surface area contributed by atoms with Crippen LogP contribution in [-0.2, 0) is 16.7 Å². The number of likely N-dealkylation sites (N-methyl/N-ethyl adjacent to an activating group) is 1. The molecule has 0 aromatic heterocycles. The van der Waals surface area contributed by atoms with Gasteiger partial charge in [-0.15, -0.1) is 0 Å². The highest BCUT2D eigenvalue weighted by Gasteiger charge is 2.27. The summed E-state index contributed by atoms with van der Waals surface area (Å²) in [6.07, 6.45) is 9.23. The summed E-state index contributed by atoms with van der Waals surface area (Å²) in [5, 5.41) is 3.58. The van der Waals surface area contributed by atoms with Crippen LogP contribution >= 0.6 is 0 Å². The monoisotopic (exact) mass is 674 g/mol. The minimum absolute atomic E-state index is 0. The fraction of sp³-hybridized carbons (Fsp3) is 0.667. The molecule has 2 aromatic rings. The van der Waals surface area contributed by atoms with Gasteiger partial charge in [0.25, 0.3) is 0 Å². The molecule has 0 N–H and O–H groups in total. The van der Waals surface area contributed by atoms with Crippen molar-refractivity contribution in [3.8, 4) is 11.5 Å². The van der Waals surface area contributed by atoms with E-state index in [1.54, 1.807) is 0 Å². The van der Waals surface area contributed by atoms with Crippen LogP contribution in [0, 0.1) is 5.41 Å². The molecule has 0 aliphatic carbocycles. The Kier molecular flexibility index (Phi) is 18.7. The number of hydrogen-bond acceptors (Lipinski definition) is 4. The molecule has 44 heavy (non-hydrogen) atoms. The molecule has 0 aliphatic rings. The van der Waals surface area contributed by atoms with E-state index in [0.29, 0.717) is 31.8 Å². The van der Waals surface area contributed by atoms with Crippen LogP contribution in [0.2, 0.25) is 0 Å². The lowest BCUT2D eigenvalue weighted by Crippen LogP contribution is -3.00. The van der Waals surface area contributed by atoms with E-state index in [4.69, 9.17) is 19.7 Å². The summed E-state index contributed by atoms with van der Waals surface area (Å²) in [6.45, 7) is 16.6. The smallest absolute Gasteiger partial charge is 0.119 e. The maximum atomic E-state index is 8.28. The second kappa shape index (κ2) is 20.7. The average molecular weight is 676 g/mol. The van der Waals surface area contributed by atoms with Crippen LogP contribution in [0.15, 0.2) is 53.6 Å². The van der Waals surface area contributed by atoms with Crippen molar-refractivity contribution in [2.24, 2.45) is 10.5 Å². The Labute approximate surface area is 278 Å². The van der Waals surface area contributed by atoms with E-state index < -0.39 is 0 Å². The van der Waals surface area contributed by atoms with Crippen molar-refractivity contribution in [3.05, 3.63) is 70.1 Å².